The van der Waals surface area contributed by atoms with Crippen LogP contribution in [0.3, 0.4) is 0 Å². The van der Waals surface area contributed by atoms with Crippen molar-refractivity contribution in [2.45, 2.75) is 63.7 Å². The Morgan fingerprint density at radius 1 is 0.739 bits per heavy atom. The van der Waals surface area contributed by atoms with E-state index >= 15 is 0 Å². The first-order valence-corrected chi connectivity index (χ1v) is 8.68. The van der Waals surface area contributed by atoms with Gasteiger partial charge in [0.1, 0.15) is 0 Å². The molecule has 0 aliphatic heterocycles. The molecule has 0 heterocycles. The lowest BCUT2D eigenvalue weighted by Crippen LogP contribution is -2.27. The Balaban J connectivity index is 2.04. The van der Waals surface area contributed by atoms with Crippen LogP contribution in [0.4, 0.5) is 5.69 Å². The second-order valence-electron chi connectivity index (χ2n) is 9.06. The topological polar surface area (TPSA) is 26.0 Å². The fourth-order valence-corrected chi connectivity index (χ4v) is 5.47. The van der Waals surface area contributed by atoms with E-state index in [0.29, 0.717) is 0 Å². The Hall–Kier alpha value is -1.76. The molecule has 2 N–H and O–H groups in total. The van der Waals surface area contributed by atoms with Crippen molar-refractivity contribution in [1.29, 1.82) is 0 Å². The van der Waals surface area contributed by atoms with Gasteiger partial charge in [0.25, 0.3) is 0 Å². The molecule has 2 aliphatic rings. The molecule has 0 fully saturated rings. The third-order valence-electron chi connectivity index (χ3n) is 6.20. The molecule has 0 saturated heterocycles. The molecule has 2 aromatic rings. The third kappa shape index (κ3) is 1.86. The second kappa shape index (κ2) is 4.20. The van der Waals surface area contributed by atoms with Crippen molar-refractivity contribution in [2.24, 2.45) is 0 Å². The average molecular weight is 305 g/mol. The van der Waals surface area contributed by atoms with Crippen molar-refractivity contribution in [1.82, 2.24) is 0 Å². The van der Waals surface area contributed by atoms with Crippen LogP contribution in [0.1, 0.15) is 68.4 Å². The molecule has 1 heteroatoms. The van der Waals surface area contributed by atoms with E-state index in [1.807, 2.05) is 0 Å². The average Bonchev–Trinajstić information content (AvgIpc) is 2.79. The first-order chi connectivity index (χ1) is 10.7. The van der Waals surface area contributed by atoms with Gasteiger partial charge in [-0.1, -0.05) is 57.5 Å². The zero-order valence-electron chi connectivity index (χ0n) is 15.0. The number of rotatable bonds is 0. The van der Waals surface area contributed by atoms with E-state index in [4.69, 9.17) is 5.73 Å². The van der Waals surface area contributed by atoms with E-state index in [-0.39, 0.29) is 16.2 Å². The molecule has 1 unspecified atom stereocenters. The Labute approximate surface area is 139 Å². The minimum atomic E-state index is 0.150. The number of anilines is 1. The number of benzene rings is 2. The Bertz CT molecular complexity index is 813. The summed E-state index contributed by atoms with van der Waals surface area (Å²) in [6.45, 7) is 11.8. The summed E-state index contributed by atoms with van der Waals surface area (Å²) in [7, 11) is 0. The molecule has 0 amide bonds. The Kier molecular flexibility index (Phi) is 2.70. The molecule has 1 atom stereocenters. The molecule has 120 valence electrons. The van der Waals surface area contributed by atoms with E-state index in [9.17, 15) is 0 Å². The van der Waals surface area contributed by atoms with Gasteiger partial charge in [-0.3, -0.25) is 0 Å². The summed E-state index contributed by atoms with van der Waals surface area (Å²) in [5.41, 5.74) is 14.9. The molecular formula is C22H27N. The maximum Gasteiger partial charge on any atom is 0.0317 e. The van der Waals surface area contributed by atoms with Crippen LogP contribution in [0, 0.1) is 6.92 Å². The minimum Gasteiger partial charge on any atom is -0.399 e. The van der Waals surface area contributed by atoms with Crippen LogP contribution in [-0.2, 0) is 16.2 Å². The van der Waals surface area contributed by atoms with Gasteiger partial charge in [0.2, 0.25) is 0 Å². The first kappa shape index (κ1) is 14.8. The number of nitrogen functional groups attached to an aromatic ring is 1. The first-order valence-electron chi connectivity index (χ1n) is 8.68. The zero-order chi connectivity index (χ0) is 16.6. The highest BCUT2D eigenvalue weighted by Gasteiger charge is 2.56. The van der Waals surface area contributed by atoms with Crippen LogP contribution >= 0.6 is 0 Å². The highest BCUT2D eigenvalue weighted by atomic mass is 14.6. The van der Waals surface area contributed by atoms with Gasteiger partial charge >= 0.3 is 0 Å². The highest BCUT2D eigenvalue weighted by Crippen LogP contribution is 2.62. The molecule has 0 radical (unpaired) electrons. The van der Waals surface area contributed by atoms with E-state index in [2.05, 4.69) is 71.0 Å². The SMILES string of the molecule is Cc1ccc2c(c1)C1(CC(C)(C)c3cc(N)ccc31)CC2(C)C. The number of aryl methyl sites for hydroxylation is 1. The molecule has 0 bridgehead atoms. The maximum absolute atomic E-state index is 6.11. The lowest BCUT2D eigenvalue weighted by molar-refractivity contribution is 0.349. The molecule has 1 spiro atoms. The lowest BCUT2D eigenvalue weighted by atomic mass is 9.72. The number of hydrogen-bond acceptors (Lipinski definition) is 1. The van der Waals surface area contributed by atoms with Crippen LogP contribution in [0.2, 0.25) is 0 Å². The van der Waals surface area contributed by atoms with Crippen molar-refractivity contribution in [3.8, 4) is 0 Å². The summed E-state index contributed by atoms with van der Waals surface area (Å²) in [5.74, 6) is 0. The molecule has 1 nitrogen and oxygen atoms in total. The van der Waals surface area contributed by atoms with Gasteiger partial charge in [-0.2, -0.15) is 0 Å². The van der Waals surface area contributed by atoms with Crippen LogP contribution in [-0.4, -0.2) is 0 Å². The molecule has 0 aromatic heterocycles. The normalized spacial score (nSPS) is 26.3. The Morgan fingerprint density at radius 3 is 2.04 bits per heavy atom. The summed E-state index contributed by atoms with van der Waals surface area (Å²) < 4.78 is 0. The number of fused-ring (bicyclic) bond motifs is 4. The van der Waals surface area contributed by atoms with Crippen molar-refractivity contribution in [2.75, 3.05) is 5.73 Å². The van der Waals surface area contributed by atoms with E-state index in [1.165, 1.54) is 35.1 Å². The summed E-state index contributed by atoms with van der Waals surface area (Å²) in [5, 5.41) is 0. The summed E-state index contributed by atoms with van der Waals surface area (Å²) in [6, 6.07) is 13.7. The number of hydrogen-bond donors (Lipinski definition) is 1. The van der Waals surface area contributed by atoms with Gasteiger partial charge in [0.05, 0.1) is 0 Å². The maximum atomic E-state index is 6.11. The highest BCUT2D eigenvalue weighted by molar-refractivity contribution is 5.62. The fourth-order valence-electron chi connectivity index (χ4n) is 5.47. The molecule has 23 heavy (non-hydrogen) atoms. The van der Waals surface area contributed by atoms with Crippen molar-refractivity contribution in [3.63, 3.8) is 0 Å². The monoisotopic (exact) mass is 305 g/mol. The van der Waals surface area contributed by atoms with Crippen LogP contribution in [0.5, 0.6) is 0 Å². The molecule has 0 saturated carbocycles. The van der Waals surface area contributed by atoms with Crippen LogP contribution in [0.25, 0.3) is 0 Å². The van der Waals surface area contributed by atoms with Crippen LogP contribution < -0.4 is 5.73 Å². The molecule has 4 rings (SSSR count). The lowest BCUT2D eigenvalue weighted by Gasteiger charge is -2.30. The van der Waals surface area contributed by atoms with E-state index < -0.39 is 0 Å². The quantitative estimate of drug-likeness (QED) is 0.663. The predicted octanol–water partition coefficient (Wildman–Crippen LogP) is 5.23. The van der Waals surface area contributed by atoms with Gasteiger partial charge in [-0.15, -0.1) is 0 Å². The minimum absolute atomic E-state index is 0.150. The largest absolute Gasteiger partial charge is 0.399 e. The van der Waals surface area contributed by atoms with Crippen molar-refractivity contribution >= 4 is 5.69 Å². The fraction of sp³-hybridized carbons (Fsp3) is 0.455. The van der Waals surface area contributed by atoms with Crippen molar-refractivity contribution < 1.29 is 0 Å². The predicted molar refractivity (Wildman–Crippen MR) is 98.1 cm³/mol. The number of nitrogens with two attached hydrogens (primary N) is 1. The van der Waals surface area contributed by atoms with Gasteiger partial charge in [0, 0.05) is 11.1 Å². The third-order valence-corrected chi connectivity index (χ3v) is 6.20. The standard InChI is InChI=1S/C22H27N/c1-14-6-8-16-19(10-14)22(12-20(16,2)3)13-21(4,5)18-11-15(23)7-9-17(18)22/h6-11H,12-13,23H2,1-5H3. The Morgan fingerprint density at radius 2 is 1.35 bits per heavy atom. The summed E-state index contributed by atoms with van der Waals surface area (Å²) in [4.78, 5) is 0. The molecule has 2 aromatic carbocycles. The van der Waals surface area contributed by atoms with Crippen LogP contribution in [0.15, 0.2) is 36.4 Å². The zero-order valence-corrected chi connectivity index (χ0v) is 15.0. The smallest absolute Gasteiger partial charge is 0.0317 e. The molecular weight excluding hydrogens is 278 g/mol. The van der Waals surface area contributed by atoms with Crippen molar-refractivity contribution in [3.05, 3.63) is 64.2 Å². The summed E-state index contributed by atoms with van der Waals surface area (Å²) >= 11 is 0. The van der Waals surface area contributed by atoms with Gasteiger partial charge < -0.3 is 5.73 Å². The second-order valence-corrected chi connectivity index (χ2v) is 9.06. The summed E-state index contributed by atoms with van der Waals surface area (Å²) in [6.07, 6.45) is 2.37. The van der Waals surface area contributed by atoms with E-state index in [1.54, 1.807) is 5.56 Å². The van der Waals surface area contributed by atoms with Gasteiger partial charge in [-0.25, -0.2) is 0 Å². The molecule has 2 aliphatic carbocycles. The van der Waals surface area contributed by atoms with Gasteiger partial charge in [0.15, 0.2) is 0 Å². The van der Waals surface area contributed by atoms with Gasteiger partial charge in [-0.05, 0) is 65.0 Å². The van der Waals surface area contributed by atoms with E-state index in [0.717, 1.165) is 5.69 Å².